The molecule has 0 bridgehead atoms. The van der Waals surface area contributed by atoms with Gasteiger partial charge in [-0.1, -0.05) is 38.1 Å². The maximum absolute atomic E-state index is 6.04. The van der Waals surface area contributed by atoms with Crippen LogP contribution in [0.2, 0.25) is 0 Å². The fourth-order valence-corrected chi connectivity index (χ4v) is 2.73. The van der Waals surface area contributed by atoms with Crippen LogP contribution in [0.5, 0.6) is 0 Å². The zero-order chi connectivity index (χ0) is 15.1. The van der Waals surface area contributed by atoms with Gasteiger partial charge >= 0.3 is 0 Å². The summed E-state index contributed by atoms with van der Waals surface area (Å²) >= 11 is 0. The Morgan fingerprint density at radius 1 is 0.909 bits per heavy atom. The first-order valence-corrected chi connectivity index (χ1v) is 7.45. The molecule has 0 fully saturated rings. The minimum absolute atomic E-state index is 0.474. The van der Waals surface area contributed by atoms with Gasteiger partial charge in [-0.15, -0.1) is 0 Å². The predicted octanol–water partition coefficient (Wildman–Crippen LogP) is 5.17. The van der Waals surface area contributed by atoms with Gasteiger partial charge in [0.25, 0.3) is 0 Å². The highest BCUT2D eigenvalue weighted by atomic mass is 16.3. The largest absolute Gasteiger partial charge is 0.455 e. The Balaban J connectivity index is 1.94. The van der Waals surface area contributed by atoms with Crippen molar-refractivity contribution in [2.75, 3.05) is 0 Å². The van der Waals surface area contributed by atoms with Crippen LogP contribution in [-0.2, 0) is 0 Å². The molecule has 4 rings (SSSR count). The minimum atomic E-state index is 0.474. The van der Waals surface area contributed by atoms with Crippen LogP contribution in [0.15, 0.2) is 59.4 Å². The molecule has 0 amide bonds. The van der Waals surface area contributed by atoms with Gasteiger partial charge in [0, 0.05) is 29.4 Å². The lowest BCUT2D eigenvalue weighted by atomic mass is 10.0. The summed E-state index contributed by atoms with van der Waals surface area (Å²) in [6.07, 6.45) is 5.61. The van der Waals surface area contributed by atoms with E-state index < -0.39 is 0 Å². The molecule has 1 aromatic carbocycles. The maximum atomic E-state index is 6.04. The molecular weight excluding hydrogens is 272 g/mol. The van der Waals surface area contributed by atoms with Gasteiger partial charge in [-0.05, 0) is 23.6 Å². The maximum Gasteiger partial charge on any atom is 0.147 e. The Labute approximate surface area is 128 Å². The van der Waals surface area contributed by atoms with Gasteiger partial charge in [0.2, 0.25) is 0 Å². The van der Waals surface area contributed by atoms with E-state index in [-0.39, 0.29) is 0 Å². The van der Waals surface area contributed by atoms with Crippen LogP contribution >= 0.6 is 0 Å². The van der Waals surface area contributed by atoms with Crippen LogP contribution in [0, 0.1) is 0 Å². The SMILES string of the molecule is CC(C)c1ccc(-c2cncc3c2oc2ccccc23)nc1. The third-order valence-corrected chi connectivity index (χ3v) is 4.01. The van der Waals surface area contributed by atoms with E-state index in [1.54, 1.807) is 0 Å². The minimum Gasteiger partial charge on any atom is -0.455 e. The number of nitrogens with zero attached hydrogens (tertiary/aromatic N) is 2. The van der Waals surface area contributed by atoms with E-state index in [4.69, 9.17) is 4.42 Å². The third-order valence-electron chi connectivity index (χ3n) is 4.01. The molecule has 0 aliphatic rings. The summed E-state index contributed by atoms with van der Waals surface area (Å²) in [5.74, 6) is 0.474. The number of rotatable bonds is 2. The Kier molecular flexibility index (Phi) is 2.93. The van der Waals surface area contributed by atoms with Crippen molar-refractivity contribution in [2.24, 2.45) is 0 Å². The summed E-state index contributed by atoms with van der Waals surface area (Å²) in [5.41, 5.74) is 4.78. The van der Waals surface area contributed by atoms with E-state index in [2.05, 4.69) is 35.9 Å². The molecule has 0 spiro atoms. The van der Waals surface area contributed by atoms with Crippen LogP contribution < -0.4 is 0 Å². The molecule has 108 valence electrons. The summed E-state index contributed by atoms with van der Waals surface area (Å²) in [4.78, 5) is 8.96. The van der Waals surface area contributed by atoms with Gasteiger partial charge in [-0.3, -0.25) is 9.97 Å². The smallest absolute Gasteiger partial charge is 0.147 e. The van der Waals surface area contributed by atoms with Gasteiger partial charge < -0.3 is 4.42 Å². The molecular formula is C19H16N2O. The molecule has 3 aromatic heterocycles. The number of fused-ring (bicyclic) bond motifs is 3. The van der Waals surface area contributed by atoms with Crippen LogP contribution in [0.25, 0.3) is 33.2 Å². The van der Waals surface area contributed by atoms with Gasteiger partial charge in [-0.2, -0.15) is 0 Å². The van der Waals surface area contributed by atoms with Crippen molar-refractivity contribution in [3.8, 4) is 11.3 Å². The summed E-state index contributed by atoms with van der Waals surface area (Å²) in [6, 6.07) is 12.2. The molecule has 3 nitrogen and oxygen atoms in total. The Morgan fingerprint density at radius 2 is 1.77 bits per heavy atom. The highest BCUT2D eigenvalue weighted by Gasteiger charge is 2.13. The fourth-order valence-electron chi connectivity index (χ4n) is 2.73. The van der Waals surface area contributed by atoms with Gasteiger partial charge in [-0.25, -0.2) is 0 Å². The lowest BCUT2D eigenvalue weighted by Gasteiger charge is -2.06. The third kappa shape index (κ3) is 1.98. The number of furan rings is 1. The van der Waals surface area contributed by atoms with Crippen molar-refractivity contribution in [1.82, 2.24) is 9.97 Å². The zero-order valence-electron chi connectivity index (χ0n) is 12.6. The molecule has 3 heteroatoms. The number of hydrogen-bond acceptors (Lipinski definition) is 3. The Hall–Kier alpha value is -2.68. The van der Waals surface area contributed by atoms with Crippen molar-refractivity contribution in [2.45, 2.75) is 19.8 Å². The van der Waals surface area contributed by atoms with Crippen molar-refractivity contribution in [3.05, 3.63) is 60.6 Å². The first kappa shape index (κ1) is 13.0. The van der Waals surface area contributed by atoms with Crippen molar-refractivity contribution in [1.29, 1.82) is 0 Å². The predicted molar refractivity (Wildman–Crippen MR) is 88.8 cm³/mol. The summed E-state index contributed by atoms with van der Waals surface area (Å²) < 4.78 is 6.04. The van der Waals surface area contributed by atoms with Crippen molar-refractivity contribution in [3.63, 3.8) is 0 Å². The highest BCUT2D eigenvalue weighted by molar-refractivity contribution is 6.08. The zero-order valence-corrected chi connectivity index (χ0v) is 12.6. The molecule has 0 unspecified atom stereocenters. The molecule has 0 saturated carbocycles. The molecule has 3 heterocycles. The second-order valence-electron chi connectivity index (χ2n) is 5.79. The fraction of sp³-hybridized carbons (Fsp3) is 0.158. The molecule has 22 heavy (non-hydrogen) atoms. The molecule has 0 N–H and O–H groups in total. The lowest BCUT2D eigenvalue weighted by molar-refractivity contribution is 0.669. The number of benzene rings is 1. The van der Waals surface area contributed by atoms with Crippen LogP contribution in [0.3, 0.4) is 0 Å². The van der Waals surface area contributed by atoms with Crippen LogP contribution in [0.1, 0.15) is 25.3 Å². The monoisotopic (exact) mass is 288 g/mol. The van der Waals surface area contributed by atoms with Gasteiger partial charge in [0.1, 0.15) is 11.2 Å². The van der Waals surface area contributed by atoms with E-state index >= 15 is 0 Å². The van der Waals surface area contributed by atoms with E-state index in [1.807, 2.05) is 42.9 Å². The van der Waals surface area contributed by atoms with Crippen molar-refractivity contribution >= 4 is 21.9 Å². The van der Waals surface area contributed by atoms with E-state index in [9.17, 15) is 0 Å². The topological polar surface area (TPSA) is 38.9 Å². The molecule has 0 atom stereocenters. The Bertz CT molecular complexity index is 952. The van der Waals surface area contributed by atoms with E-state index in [0.29, 0.717) is 5.92 Å². The van der Waals surface area contributed by atoms with Gasteiger partial charge in [0.05, 0.1) is 11.3 Å². The average Bonchev–Trinajstić information content (AvgIpc) is 2.93. The summed E-state index contributed by atoms with van der Waals surface area (Å²) in [6.45, 7) is 4.33. The second kappa shape index (κ2) is 4.95. The molecule has 0 saturated heterocycles. The number of para-hydroxylation sites is 1. The van der Waals surface area contributed by atoms with Crippen LogP contribution in [0.4, 0.5) is 0 Å². The molecule has 4 aromatic rings. The summed E-state index contributed by atoms with van der Waals surface area (Å²) in [5, 5.41) is 2.12. The highest BCUT2D eigenvalue weighted by Crippen LogP contribution is 2.34. The number of hydrogen-bond donors (Lipinski definition) is 0. The quantitative estimate of drug-likeness (QED) is 0.511. The first-order valence-electron chi connectivity index (χ1n) is 7.45. The molecule has 0 radical (unpaired) electrons. The second-order valence-corrected chi connectivity index (χ2v) is 5.79. The van der Waals surface area contributed by atoms with E-state index in [0.717, 1.165) is 33.2 Å². The Morgan fingerprint density at radius 3 is 2.55 bits per heavy atom. The number of pyridine rings is 2. The van der Waals surface area contributed by atoms with E-state index in [1.165, 1.54) is 5.56 Å². The normalized spacial score (nSPS) is 11.6. The lowest BCUT2D eigenvalue weighted by Crippen LogP contribution is -1.91. The summed E-state index contributed by atoms with van der Waals surface area (Å²) in [7, 11) is 0. The van der Waals surface area contributed by atoms with Crippen molar-refractivity contribution < 1.29 is 4.42 Å². The molecule has 0 aliphatic heterocycles. The van der Waals surface area contributed by atoms with Crippen LogP contribution in [-0.4, -0.2) is 9.97 Å². The first-order chi connectivity index (χ1) is 10.7. The number of aromatic nitrogens is 2. The molecule has 0 aliphatic carbocycles. The average molecular weight is 288 g/mol. The standard InChI is InChI=1S/C19H16N2O/c1-12(2)13-7-8-17(21-9-13)16-11-20-10-15-14-5-3-4-6-18(14)22-19(15)16/h3-12H,1-2H3. The van der Waals surface area contributed by atoms with Gasteiger partial charge in [0.15, 0.2) is 0 Å².